The maximum absolute atomic E-state index is 13.0. The van der Waals surface area contributed by atoms with E-state index < -0.39 is 12.0 Å². The van der Waals surface area contributed by atoms with Gasteiger partial charge in [-0.05, 0) is 35.9 Å². The Morgan fingerprint density at radius 1 is 1.12 bits per heavy atom. The summed E-state index contributed by atoms with van der Waals surface area (Å²) in [6.07, 6.45) is 0. The highest BCUT2D eigenvalue weighted by Crippen LogP contribution is 2.35. The number of amides is 2. The number of hydrogen-bond acceptors (Lipinski definition) is 2. The molecule has 0 aliphatic carbocycles. The molecule has 1 aliphatic heterocycles. The van der Waals surface area contributed by atoms with Crippen molar-refractivity contribution in [1.82, 2.24) is 10.6 Å². The van der Waals surface area contributed by atoms with Gasteiger partial charge in [0, 0.05) is 20.8 Å². The molecular weight excluding hydrogens is 392 g/mol. The van der Waals surface area contributed by atoms with Crippen LogP contribution in [0.5, 0.6) is 0 Å². The second kappa shape index (κ2) is 6.79. The molecule has 1 aliphatic rings. The topological polar surface area (TPSA) is 58.2 Å². The van der Waals surface area contributed by atoms with Gasteiger partial charge in [0.05, 0.1) is 12.0 Å². The van der Waals surface area contributed by atoms with E-state index in [2.05, 4.69) is 33.1 Å². The van der Waals surface area contributed by atoms with Crippen LogP contribution in [-0.2, 0) is 0 Å². The van der Waals surface area contributed by atoms with E-state index in [9.17, 15) is 9.59 Å². The summed E-state index contributed by atoms with van der Waals surface area (Å²) in [5, 5.41) is 5.99. The van der Waals surface area contributed by atoms with Gasteiger partial charge in [-0.15, -0.1) is 0 Å². The molecule has 2 aromatic rings. The van der Waals surface area contributed by atoms with Gasteiger partial charge in [-0.25, -0.2) is 4.79 Å². The largest absolute Gasteiger partial charge is 0.330 e. The standard InChI is InChI=1S/C18H14BrClN2O2/c1-10-15(17(23)11-6-8-12(20)9-7-11)16(22-18(24)21-10)13-4-2-3-5-14(13)19/h2-9,15-16H,1H2,(H2,21,22,24)/t15-,16+/m1/s1. The first kappa shape index (κ1) is 16.7. The first-order valence-electron chi connectivity index (χ1n) is 7.28. The number of carbonyl (C=O) groups excluding carboxylic acids is 2. The first-order valence-corrected chi connectivity index (χ1v) is 8.45. The van der Waals surface area contributed by atoms with Gasteiger partial charge >= 0.3 is 6.03 Å². The summed E-state index contributed by atoms with van der Waals surface area (Å²) < 4.78 is 0.818. The van der Waals surface area contributed by atoms with Crippen LogP contribution in [0.3, 0.4) is 0 Å². The highest BCUT2D eigenvalue weighted by molar-refractivity contribution is 9.10. The van der Waals surface area contributed by atoms with Gasteiger partial charge in [0.15, 0.2) is 5.78 Å². The average molecular weight is 406 g/mol. The molecule has 0 spiro atoms. The van der Waals surface area contributed by atoms with Crippen molar-refractivity contribution in [2.45, 2.75) is 6.04 Å². The van der Waals surface area contributed by atoms with Crippen LogP contribution in [0.1, 0.15) is 22.0 Å². The third-order valence-electron chi connectivity index (χ3n) is 3.92. The van der Waals surface area contributed by atoms with Crippen LogP contribution >= 0.6 is 27.5 Å². The molecule has 4 nitrogen and oxygen atoms in total. The molecule has 2 amide bonds. The van der Waals surface area contributed by atoms with Crippen LogP contribution in [0.2, 0.25) is 5.02 Å². The highest BCUT2D eigenvalue weighted by Gasteiger charge is 2.38. The molecule has 0 aromatic heterocycles. The van der Waals surface area contributed by atoms with Crippen molar-refractivity contribution in [2.24, 2.45) is 5.92 Å². The van der Waals surface area contributed by atoms with Gasteiger partial charge < -0.3 is 10.6 Å². The maximum Gasteiger partial charge on any atom is 0.319 e. The number of carbonyl (C=O) groups is 2. The predicted octanol–water partition coefficient (Wildman–Crippen LogP) is 4.47. The molecule has 1 fully saturated rings. The van der Waals surface area contributed by atoms with E-state index in [1.165, 1.54) is 0 Å². The summed E-state index contributed by atoms with van der Waals surface area (Å²) in [6, 6.07) is 13.3. The lowest BCUT2D eigenvalue weighted by Gasteiger charge is -2.34. The molecule has 0 radical (unpaired) electrons. The van der Waals surface area contributed by atoms with Gasteiger partial charge in [0.25, 0.3) is 0 Å². The number of halogens is 2. The number of benzene rings is 2. The number of nitrogens with one attached hydrogen (secondary N) is 2. The molecule has 122 valence electrons. The monoisotopic (exact) mass is 404 g/mol. The Bertz CT molecular complexity index is 820. The molecule has 24 heavy (non-hydrogen) atoms. The summed E-state index contributed by atoms with van der Waals surface area (Å²) in [4.78, 5) is 24.9. The first-order chi connectivity index (χ1) is 11.5. The van der Waals surface area contributed by atoms with Crippen LogP contribution < -0.4 is 10.6 Å². The van der Waals surface area contributed by atoms with Gasteiger partial charge in [0.1, 0.15) is 0 Å². The van der Waals surface area contributed by atoms with Gasteiger partial charge in [0.2, 0.25) is 0 Å². The third kappa shape index (κ3) is 3.23. The van der Waals surface area contributed by atoms with E-state index >= 15 is 0 Å². The van der Waals surface area contributed by atoms with E-state index in [-0.39, 0.29) is 11.8 Å². The van der Waals surface area contributed by atoms with E-state index in [0.29, 0.717) is 16.3 Å². The smallest absolute Gasteiger partial charge is 0.319 e. The molecule has 1 saturated heterocycles. The fourth-order valence-electron chi connectivity index (χ4n) is 2.77. The molecule has 1 heterocycles. The van der Waals surface area contributed by atoms with Crippen molar-refractivity contribution in [2.75, 3.05) is 0 Å². The van der Waals surface area contributed by atoms with Crippen LogP contribution in [0.15, 0.2) is 65.3 Å². The summed E-state index contributed by atoms with van der Waals surface area (Å²) in [7, 11) is 0. The number of hydrogen-bond donors (Lipinski definition) is 2. The van der Waals surface area contributed by atoms with Gasteiger partial charge in [-0.3, -0.25) is 4.79 Å². The Balaban J connectivity index is 2.02. The van der Waals surface area contributed by atoms with Crippen molar-refractivity contribution in [3.05, 3.63) is 81.4 Å². The van der Waals surface area contributed by atoms with E-state index in [0.717, 1.165) is 10.0 Å². The normalized spacial score (nSPS) is 20.2. The zero-order valence-electron chi connectivity index (χ0n) is 12.6. The lowest BCUT2D eigenvalue weighted by molar-refractivity contribution is 0.0905. The fraction of sp³-hybridized carbons (Fsp3) is 0.111. The minimum absolute atomic E-state index is 0.134. The Morgan fingerprint density at radius 2 is 1.79 bits per heavy atom. The van der Waals surface area contributed by atoms with Crippen molar-refractivity contribution >= 4 is 39.3 Å². The minimum atomic E-state index is -0.623. The molecule has 6 heteroatoms. The summed E-state index contributed by atoms with van der Waals surface area (Å²) in [6.45, 7) is 3.88. The SMILES string of the molecule is C=C1NC(=O)N[C@@H](c2ccccc2Br)[C@@H]1C(=O)c1ccc(Cl)cc1. The third-order valence-corrected chi connectivity index (χ3v) is 4.90. The number of ketones is 1. The number of urea groups is 1. The van der Waals surface area contributed by atoms with Gasteiger partial charge in [-0.1, -0.05) is 52.3 Å². The Kier molecular flexibility index (Phi) is 4.73. The maximum atomic E-state index is 13.0. The molecular formula is C18H14BrClN2O2. The molecule has 0 saturated carbocycles. The highest BCUT2D eigenvalue weighted by atomic mass is 79.9. The summed E-state index contributed by atoms with van der Waals surface area (Å²) >= 11 is 9.37. The fourth-order valence-corrected chi connectivity index (χ4v) is 3.43. The lowest BCUT2D eigenvalue weighted by Crippen LogP contribution is -2.50. The molecule has 2 N–H and O–H groups in total. The van der Waals surface area contributed by atoms with E-state index in [1.807, 2.05) is 24.3 Å². The van der Waals surface area contributed by atoms with Crippen LogP contribution in [0.4, 0.5) is 4.79 Å². The Morgan fingerprint density at radius 3 is 2.46 bits per heavy atom. The second-order valence-corrected chi connectivity index (χ2v) is 6.76. The number of Topliss-reactive ketones (excluding diaryl/α,β-unsaturated/α-hetero) is 1. The van der Waals surface area contributed by atoms with E-state index in [4.69, 9.17) is 11.6 Å². The quantitative estimate of drug-likeness (QED) is 0.740. The van der Waals surface area contributed by atoms with Gasteiger partial charge in [-0.2, -0.15) is 0 Å². The average Bonchev–Trinajstić information content (AvgIpc) is 2.55. The second-order valence-electron chi connectivity index (χ2n) is 5.47. The van der Waals surface area contributed by atoms with Crippen LogP contribution in [0, 0.1) is 5.92 Å². The molecule has 2 atom stereocenters. The molecule has 0 bridgehead atoms. The molecule has 0 unspecified atom stereocenters. The Hall–Kier alpha value is -2.11. The number of rotatable bonds is 3. The van der Waals surface area contributed by atoms with Crippen LogP contribution in [-0.4, -0.2) is 11.8 Å². The zero-order chi connectivity index (χ0) is 17.3. The van der Waals surface area contributed by atoms with E-state index in [1.54, 1.807) is 24.3 Å². The lowest BCUT2D eigenvalue weighted by atomic mass is 9.83. The van der Waals surface area contributed by atoms with Crippen molar-refractivity contribution < 1.29 is 9.59 Å². The van der Waals surface area contributed by atoms with Crippen molar-refractivity contribution in [1.29, 1.82) is 0 Å². The molecule has 3 rings (SSSR count). The Labute approximate surface area is 153 Å². The predicted molar refractivity (Wildman–Crippen MR) is 97.0 cm³/mol. The molecule has 2 aromatic carbocycles. The summed E-state index contributed by atoms with van der Waals surface area (Å²) in [5.41, 5.74) is 1.71. The minimum Gasteiger partial charge on any atom is -0.330 e. The van der Waals surface area contributed by atoms with Crippen molar-refractivity contribution in [3.8, 4) is 0 Å². The van der Waals surface area contributed by atoms with Crippen molar-refractivity contribution in [3.63, 3.8) is 0 Å². The van der Waals surface area contributed by atoms with Crippen LogP contribution in [0.25, 0.3) is 0 Å². The summed E-state index contributed by atoms with van der Waals surface area (Å²) in [5.74, 6) is -0.757. The zero-order valence-corrected chi connectivity index (χ0v) is 14.9.